The van der Waals surface area contributed by atoms with Crippen molar-refractivity contribution >= 4 is 34.6 Å². The molecule has 41 heavy (non-hydrogen) atoms. The summed E-state index contributed by atoms with van der Waals surface area (Å²) in [6.07, 6.45) is 5.46. The first-order valence-corrected chi connectivity index (χ1v) is 14.8. The number of H-pyrrole nitrogens is 1. The van der Waals surface area contributed by atoms with Crippen LogP contribution >= 0.6 is 11.6 Å². The molecule has 5 heterocycles. The molecular formula is C31H37ClN4O5. The fraction of sp³-hybridized carbons (Fsp3) is 0.516. The second kappa shape index (κ2) is 11.3. The second-order valence-corrected chi connectivity index (χ2v) is 12.5. The Balaban J connectivity index is 1.41. The predicted octanol–water partition coefficient (Wildman–Crippen LogP) is 5.50. The van der Waals surface area contributed by atoms with E-state index in [-0.39, 0.29) is 24.0 Å². The summed E-state index contributed by atoms with van der Waals surface area (Å²) in [4.78, 5) is 38.4. The molecule has 10 heteroatoms. The molecule has 2 fully saturated rings. The lowest BCUT2D eigenvalue weighted by atomic mass is 9.86. The Morgan fingerprint density at radius 2 is 1.88 bits per heavy atom. The number of carbonyl (C=O) groups excluding carboxylic acids is 2. The molecule has 1 atom stereocenters. The van der Waals surface area contributed by atoms with E-state index in [2.05, 4.69) is 22.1 Å². The normalized spacial score (nSPS) is 20.2. The average molecular weight is 581 g/mol. The van der Waals surface area contributed by atoms with Gasteiger partial charge in [0, 0.05) is 62.1 Å². The van der Waals surface area contributed by atoms with Gasteiger partial charge >= 0.3 is 6.09 Å². The molecule has 1 aromatic carbocycles. The third-order valence-corrected chi connectivity index (χ3v) is 8.50. The Bertz CT molecular complexity index is 1460. The smallest absolute Gasteiger partial charge is 0.410 e. The third-order valence-electron chi connectivity index (χ3n) is 8.19. The van der Waals surface area contributed by atoms with E-state index in [9.17, 15) is 9.59 Å². The maximum Gasteiger partial charge on any atom is 0.410 e. The highest BCUT2D eigenvalue weighted by molar-refractivity contribution is 6.35. The van der Waals surface area contributed by atoms with E-state index in [0.717, 1.165) is 52.5 Å². The van der Waals surface area contributed by atoms with Crippen LogP contribution in [0.2, 0.25) is 5.02 Å². The molecule has 2 saturated heterocycles. The number of aromatic nitrogens is 2. The molecule has 3 aliphatic heterocycles. The fourth-order valence-electron chi connectivity index (χ4n) is 6.08. The van der Waals surface area contributed by atoms with Gasteiger partial charge in [-0.1, -0.05) is 17.7 Å². The Morgan fingerprint density at radius 1 is 1.07 bits per heavy atom. The molecule has 3 aromatic rings. The monoisotopic (exact) mass is 580 g/mol. The first-order chi connectivity index (χ1) is 19.7. The molecule has 218 valence electrons. The summed E-state index contributed by atoms with van der Waals surface area (Å²) in [5.74, 6) is 0.183. The van der Waals surface area contributed by atoms with Crippen molar-refractivity contribution < 1.29 is 23.8 Å². The summed E-state index contributed by atoms with van der Waals surface area (Å²) < 4.78 is 17.2. The van der Waals surface area contributed by atoms with Gasteiger partial charge in [0.25, 0.3) is 0 Å². The lowest BCUT2D eigenvalue weighted by molar-refractivity contribution is -0.139. The van der Waals surface area contributed by atoms with E-state index in [4.69, 9.17) is 25.8 Å². The van der Waals surface area contributed by atoms with E-state index in [1.165, 1.54) is 5.56 Å². The van der Waals surface area contributed by atoms with E-state index in [1.54, 1.807) is 11.1 Å². The van der Waals surface area contributed by atoms with Crippen LogP contribution in [-0.4, -0.2) is 76.9 Å². The van der Waals surface area contributed by atoms with Crippen molar-refractivity contribution in [3.8, 4) is 11.1 Å². The van der Waals surface area contributed by atoms with Crippen LogP contribution in [0.1, 0.15) is 56.3 Å². The van der Waals surface area contributed by atoms with Crippen LogP contribution in [0.15, 0.2) is 30.6 Å². The van der Waals surface area contributed by atoms with Crippen LogP contribution < -0.4 is 0 Å². The zero-order valence-corrected chi connectivity index (χ0v) is 24.6. The molecule has 0 unspecified atom stereocenters. The largest absolute Gasteiger partial charge is 0.444 e. The van der Waals surface area contributed by atoms with Crippen LogP contribution in [0.3, 0.4) is 0 Å². The Hall–Kier alpha value is -3.14. The zero-order chi connectivity index (χ0) is 28.7. The fourth-order valence-corrected chi connectivity index (χ4v) is 6.28. The van der Waals surface area contributed by atoms with Gasteiger partial charge in [-0.3, -0.25) is 9.69 Å². The van der Waals surface area contributed by atoms with Crippen molar-refractivity contribution in [1.29, 1.82) is 0 Å². The number of nitrogens with zero attached hydrogens (tertiary/aromatic N) is 3. The summed E-state index contributed by atoms with van der Waals surface area (Å²) in [5, 5.41) is 1.47. The highest BCUT2D eigenvalue weighted by Crippen LogP contribution is 2.38. The van der Waals surface area contributed by atoms with Crippen LogP contribution in [0.5, 0.6) is 0 Å². The van der Waals surface area contributed by atoms with Crippen molar-refractivity contribution in [3.05, 3.63) is 52.3 Å². The molecule has 1 N–H and O–H groups in total. The number of pyridine rings is 1. The molecule has 0 radical (unpaired) electrons. The molecule has 9 nitrogen and oxygen atoms in total. The van der Waals surface area contributed by atoms with Gasteiger partial charge in [-0.15, -0.1) is 0 Å². The number of fused-ring (bicyclic) bond motifs is 2. The zero-order valence-electron chi connectivity index (χ0n) is 23.9. The van der Waals surface area contributed by atoms with Crippen molar-refractivity contribution in [2.75, 3.05) is 39.5 Å². The number of carbonyl (C=O) groups is 2. The maximum absolute atomic E-state index is 13.5. The number of aromatic amines is 1. The molecule has 2 amide bonds. The van der Waals surface area contributed by atoms with Gasteiger partial charge in [0.05, 0.1) is 24.3 Å². The minimum absolute atomic E-state index is 0.00630. The van der Waals surface area contributed by atoms with Crippen LogP contribution in [0, 0.1) is 5.92 Å². The number of amides is 2. The Morgan fingerprint density at radius 3 is 2.66 bits per heavy atom. The first-order valence-electron chi connectivity index (χ1n) is 14.4. The number of rotatable bonds is 3. The molecule has 0 aliphatic carbocycles. The lowest BCUT2D eigenvalue weighted by Crippen LogP contribution is -2.47. The SMILES string of the molecule is CC(C)(C)OC(=O)N1CCOC[C@H]1c1cc(-c2cnc3[nH]cc(Cl)c3c2)cc2c1CN(C(=O)C1CCOCC1)CC2. The number of morpholine rings is 1. The standard InChI is InChI=1S/C31H37ClN4O5/c1-31(2,3)41-30(38)36-8-11-40-18-27(36)23-13-21(22-14-24-26(32)16-34-28(24)33-15-22)12-20-4-7-35(17-25(20)23)29(37)19-5-9-39-10-6-19/h12-16,19,27H,4-11,17-18H2,1-3H3,(H,33,34)/t27-/m0/s1. The highest BCUT2D eigenvalue weighted by atomic mass is 35.5. The van der Waals surface area contributed by atoms with Crippen molar-refractivity contribution in [2.24, 2.45) is 5.92 Å². The summed E-state index contributed by atoms with van der Waals surface area (Å²) in [5.41, 5.74) is 5.27. The minimum Gasteiger partial charge on any atom is -0.444 e. The summed E-state index contributed by atoms with van der Waals surface area (Å²) in [6.45, 7) is 9.25. The predicted molar refractivity (Wildman–Crippen MR) is 156 cm³/mol. The van der Waals surface area contributed by atoms with Gasteiger partial charge in [-0.2, -0.15) is 0 Å². The molecule has 0 bridgehead atoms. The van der Waals surface area contributed by atoms with Gasteiger partial charge in [0.1, 0.15) is 11.2 Å². The Kier molecular flexibility index (Phi) is 7.70. The number of ether oxygens (including phenoxy) is 3. The average Bonchev–Trinajstić information content (AvgIpc) is 3.35. The van der Waals surface area contributed by atoms with E-state index in [0.29, 0.717) is 51.1 Å². The van der Waals surface area contributed by atoms with Gasteiger partial charge in [-0.25, -0.2) is 9.78 Å². The topological polar surface area (TPSA) is 97.0 Å². The molecule has 2 aromatic heterocycles. The molecular weight excluding hydrogens is 544 g/mol. The summed E-state index contributed by atoms with van der Waals surface area (Å²) in [7, 11) is 0. The third kappa shape index (κ3) is 5.80. The van der Waals surface area contributed by atoms with Gasteiger partial charge < -0.3 is 24.1 Å². The van der Waals surface area contributed by atoms with E-state index < -0.39 is 5.60 Å². The summed E-state index contributed by atoms with van der Waals surface area (Å²) in [6, 6.07) is 6.01. The minimum atomic E-state index is -0.620. The highest BCUT2D eigenvalue weighted by Gasteiger charge is 2.36. The number of halogens is 1. The van der Waals surface area contributed by atoms with Crippen LogP contribution in [-0.2, 0) is 32.0 Å². The van der Waals surface area contributed by atoms with Crippen LogP contribution in [0.4, 0.5) is 4.79 Å². The van der Waals surface area contributed by atoms with Gasteiger partial charge in [0.2, 0.25) is 5.91 Å². The van der Waals surface area contributed by atoms with Crippen molar-refractivity contribution in [2.45, 2.75) is 58.2 Å². The van der Waals surface area contributed by atoms with E-state index >= 15 is 0 Å². The first kappa shape index (κ1) is 28.0. The molecule has 0 saturated carbocycles. The maximum atomic E-state index is 13.5. The molecule has 0 spiro atoms. The quantitative estimate of drug-likeness (QED) is 0.439. The number of hydrogen-bond donors (Lipinski definition) is 1. The molecule has 3 aliphatic rings. The molecule has 6 rings (SSSR count). The number of benzene rings is 1. The van der Waals surface area contributed by atoms with Crippen molar-refractivity contribution in [3.63, 3.8) is 0 Å². The second-order valence-electron chi connectivity index (χ2n) is 12.1. The van der Waals surface area contributed by atoms with E-state index in [1.807, 2.05) is 37.9 Å². The van der Waals surface area contributed by atoms with Crippen molar-refractivity contribution in [1.82, 2.24) is 19.8 Å². The number of nitrogens with one attached hydrogen (secondary N) is 1. The lowest BCUT2D eigenvalue weighted by Gasteiger charge is -2.40. The van der Waals surface area contributed by atoms with Gasteiger partial charge in [-0.05, 0) is 74.4 Å². The Labute approximate surface area is 245 Å². The number of hydrogen-bond acceptors (Lipinski definition) is 6. The van der Waals surface area contributed by atoms with Gasteiger partial charge in [0.15, 0.2) is 0 Å². The van der Waals surface area contributed by atoms with Crippen LogP contribution in [0.25, 0.3) is 22.2 Å². The summed E-state index contributed by atoms with van der Waals surface area (Å²) >= 11 is 6.43.